The van der Waals surface area contributed by atoms with Crippen molar-refractivity contribution in [1.29, 1.82) is 0 Å². The Bertz CT molecular complexity index is 507. The van der Waals surface area contributed by atoms with Crippen molar-refractivity contribution in [1.82, 2.24) is 15.2 Å². The van der Waals surface area contributed by atoms with Gasteiger partial charge in [-0.15, -0.1) is 23.1 Å². The molecule has 2 N–H and O–H groups in total. The van der Waals surface area contributed by atoms with Gasteiger partial charge < -0.3 is 10.4 Å². The molecule has 3 atom stereocenters. The molecule has 3 unspecified atom stereocenters. The van der Waals surface area contributed by atoms with E-state index in [1.54, 1.807) is 6.20 Å². The fourth-order valence-electron chi connectivity index (χ4n) is 2.26. The molecule has 0 bridgehead atoms. The van der Waals surface area contributed by atoms with E-state index in [0.717, 1.165) is 5.01 Å². The number of amides is 2. The Labute approximate surface area is 131 Å². The lowest BCUT2D eigenvalue weighted by Crippen LogP contribution is -2.51. The van der Waals surface area contributed by atoms with E-state index in [-0.39, 0.29) is 23.4 Å². The predicted molar refractivity (Wildman–Crippen MR) is 83.4 cm³/mol. The highest BCUT2D eigenvalue weighted by atomic mass is 32.2. The lowest BCUT2D eigenvalue weighted by Gasteiger charge is -2.30. The van der Waals surface area contributed by atoms with Gasteiger partial charge >= 0.3 is 12.0 Å². The number of hydrogen-bond donors (Lipinski definition) is 2. The first-order chi connectivity index (χ1) is 9.91. The van der Waals surface area contributed by atoms with Gasteiger partial charge in [0.1, 0.15) is 11.0 Å². The highest BCUT2D eigenvalue weighted by Crippen LogP contribution is 2.34. The summed E-state index contributed by atoms with van der Waals surface area (Å²) in [5.41, 5.74) is 0. The molecule has 2 heterocycles. The van der Waals surface area contributed by atoms with Gasteiger partial charge in [-0.3, -0.25) is 4.90 Å². The fourth-order valence-corrected chi connectivity index (χ4v) is 4.38. The number of carbonyl (C=O) groups excluding carboxylic acids is 1. The van der Waals surface area contributed by atoms with Crippen LogP contribution in [-0.4, -0.2) is 44.2 Å². The topological polar surface area (TPSA) is 82.5 Å². The number of thiazole rings is 1. The van der Waals surface area contributed by atoms with Crippen LogP contribution < -0.4 is 5.32 Å². The number of nitrogens with one attached hydrogen (secondary N) is 1. The Hall–Kier alpha value is -1.28. The number of carboxylic acid groups (broad SMARTS) is 1. The van der Waals surface area contributed by atoms with Crippen LogP contribution in [0.3, 0.4) is 0 Å². The van der Waals surface area contributed by atoms with Gasteiger partial charge in [0.15, 0.2) is 0 Å². The van der Waals surface area contributed by atoms with Crippen LogP contribution in [0.5, 0.6) is 0 Å². The molecule has 2 amide bonds. The van der Waals surface area contributed by atoms with E-state index in [4.69, 9.17) is 0 Å². The van der Waals surface area contributed by atoms with Crippen molar-refractivity contribution < 1.29 is 14.7 Å². The molecule has 1 aliphatic heterocycles. The molecule has 1 fully saturated rings. The van der Waals surface area contributed by atoms with Crippen LogP contribution in [0.15, 0.2) is 11.6 Å². The standard InChI is InChI=1S/C13H19N3O3S2/c1-7(2)11-16(9(6-21-11)12(17)18)13(19)15-8(3)10-14-4-5-20-10/h4-5,7-9,11H,6H2,1-3H3,(H,15,19)(H,17,18). The minimum atomic E-state index is -0.956. The second-order valence-corrected chi connectivity index (χ2v) is 7.35. The average Bonchev–Trinajstić information content (AvgIpc) is 3.07. The Morgan fingerprint density at radius 1 is 1.48 bits per heavy atom. The molecule has 1 saturated heterocycles. The maximum atomic E-state index is 12.5. The first kappa shape index (κ1) is 16.1. The fraction of sp³-hybridized carbons (Fsp3) is 0.615. The Morgan fingerprint density at radius 2 is 2.19 bits per heavy atom. The number of nitrogens with zero attached hydrogens (tertiary/aromatic N) is 2. The van der Waals surface area contributed by atoms with Crippen LogP contribution in [0.4, 0.5) is 4.79 Å². The van der Waals surface area contributed by atoms with Crippen LogP contribution in [0.25, 0.3) is 0 Å². The number of carboxylic acids is 1. The summed E-state index contributed by atoms with van der Waals surface area (Å²) in [6, 6.07) is -1.34. The van der Waals surface area contributed by atoms with Crippen LogP contribution in [0, 0.1) is 5.92 Å². The third kappa shape index (κ3) is 3.49. The van der Waals surface area contributed by atoms with Gasteiger partial charge in [0.05, 0.1) is 11.4 Å². The van der Waals surface area contributed by atoms with Crippen molar-refractivity contribution >= 4 is 35.1 Å². The normalized spacial score (nSPS) is 23.3. The number of carbonyl (C=O) groups is 2. The van der Waals surface area contributed by atoms with E-state index in [1.165, 1.54) is 28.0 Å². The number of aliphatic carboxylic acids is 1. The molecule has 1 aromatic heterocycles. The van der Waals surface area contributed by atoms with Gasteiger partial charge in [0, 0.05) is 17.3 Å². The van der Waals surface area contributed by atoms with Crippen molar-refractivity contribution in [2.75, 3.05) is 5.75 Å². The molecule has 8 heteroatoms. The van der Waals surface area contributed by atoms with Crippen LogP contribution in [0.2, 0.25) is 0 Å². The van der Waals surface area contributed by atoms with Crippen LogP contribution in [-0.2, 0) is 4.79 Å². The zero-order valence-electron chi connectivity index (χ0n) is 12.1. The zero-order chi connectivity index (χ0) is 15.6. The molecule has 116 valence electrons. The summed E-state index contributed by atoms with van der Waals surface area (Å²) in [5, 5.41) is 14.7. The van der Waals surface area contributed by atoms with Crippen molar-refractivity contribution in [3.8, 4) is 0 Å². The van der Waals surface area contributed by atoms with Gasteiger partial charge in [-0.05, 0) is 12.8 Å². The average molecular weight is 329 g/mol. The summed E-state index contributed by atoms with van der Waals surface area (Å²) in [7, 11) is 0. The third-order valence-corrected chi connectivity index (χ3v) is 5.87. The lowest BCUT2D eigenvalue weighted by molar-refractivity contribution is -0.141. The molecule has 0 aliphatic carbocycles. The van der Waals surface area contributed by atoms with E-state index < -0.39 is 12.0 Å². The van der Waals surface area contributed by atoms with E-state index in [1.807, 2.05) is 26.2 Å². The molecule has 0 radical (unpaired) electrons. The summed E-state index contributed by atoms with van der Waals surface area (Å²) in [6.45, 7) is 5.83. The number of rotatable bonds is 4. The highest BCUT2D eigenvalue weighted by molar-refractivity contribution is 8.00. The van der Waals surface area contributed by atoms with Gasteiger partial charge in [0.25, 0.3) is 0 Å². The summed E-state index contributed by atoms with van der Waals surface area (Å²) < 4.78 is 0. The van der Waals surface area contributed by atoms with Crippen LogP contribution in [0.1, 0.15) is 31.8 Å². The monoisotopic (exact) mass is 329 g/mol. The quantitative estimate of drug-likeness (QED) is 0.886. The molecule has 6 nitrogen and oxygen atoms in total. The van der Waals surface area contributed by atoms with Gasteiger partial charge in [0.2, 0.25) is 0 Å². The minimum absolute atomic E-state index is 0.116. The van der Waals surface area contributed by atoms with E-state index >= 15 is 0 Å². The number of urea groups is 1. The van der Waals surface area contributed by atoms with Crippen molar-refractivity contribution in [2.24, 2.45) is 5.92 Å². The summed E-state index contributed by atoms with van der Waals surface area (Å²) in [5.74, 6) is -0.333. The smallest absolute Gasteiger partial charge is 0.327 e. The Balaban J connectivity index is 2.11. The van der Waals surface area contributed by atoms with E-state index in [9.17, 15) is 14.7 Å². The Morgan fingerprint density at radius 3 is 2.71 bits per heavy atom. The van der Waals surface area contributed by atoms with Crippen LogP contribution >= 0.6 is 23.1 Å². The summed E-state index contributed by atoms with van der Waals surface area (Å²) >= 11 is 2.98. The van der Waals surface area contributed by atoms with Gasteiger partial charge in [-0.1, -0.05) is 13.8 Å². The summed E-state index contributed by atoms with van der Waals surface area (Å²) in [4.78, 5) is 29.5. The molecule has 2 rings (SSSR count). The predicted octanol–water partition coefficient (Wildman–Crippen LogP) is 2.40. The molecular weight excluding hydrogens is 310 g/mol. The largest absolute Gasteiger partial charge is 0.480 e. The maximum Gasteiger partial charge on any atom is 0.327 e. The SMILES string of the molecule is CC(NC(=O)N1C(C(=O)O)CSC1C(C)C)c1nccs1. The third-order valence-electron chi connectivity index (χ3n) is 3.29. The highest BCUT2D eigenvalue weighted by Gasteiger charge is 2.43. The van der Waals surface area contributed by atoms with Gasteiger partial charge in [-0.2, -0.15) is 0 Å². The first-order valence-corrected chi connectivity index (χ1v) is 8.67. The summed E-state index contributed by atoms with van der Waals surface area (Å²) in [6.07, 6.45) is 1.69. The van der Waals surface area contributed by atoms with E-state index in [0.29, 0.717) is 5.75 Å². The van der Waals surface area contributed by atoms with Crippen molar-refractivity contribution in [2.45, 2.75) is 38.2 Å². The molecule has 21 heavy (non-hydrogen) atoms. The second kappa shape index (κ2) is 6.65. The molecule has 0 saturated carbocycles. The number of aromatic nitrogens is 1. The second-order valence-electron chi connectivity index (χ2n) is 5.27. The molecule has 0 aromatic carbocycles. The van der Waals surface area contributed by atoms with Crippen molar-refractivity contribution in [3.05, 3.63) is 16.6 Å². The zero-order valence-corrected chi connectivity index (χ0v) is 13.8. The maximum absolute atomic E-state index is 12.5. The van der Waals surface area contributed by atoms with Crippen molar-refractivity contribution in [3.63, 3.8) is 0 Å². The van der Waals surface area contributed by atoms with Gasteiger partial charge in [-0.25, -0.2) is 14.6 Å². The lowest BCUT2D eigenvalue weighted by atomic mass is 10.1. The molecular formula is C13H19N3O3S2. The molecule has 0 spiro atoms. The Kier molecular flexibility index (Phi) is 5.10. The molecule has 1 aliphatic rings. The number of thioether (sulfide) groups is 1. The minimum Gasteiger partial charge on any atom is -0.480 e. The number of hydrogen-bond acceptors (Lipinski definition) is 5. The first-order valence-electron chi connectivity index (χ1n) is 6.74. The molecule has 1 aromatic rings. The van der Waals surface area contributed by atoms with E-state index in [2.05, 4.69) is 10.3 Å².